The molecule has 0 saturated heterocycles. The number of phosphoric acid groups is 1. The zero-order chi connectivity index (χ0) is 28.9. The fourth-order valence-electron chi connectivity index (χ4n) is 4.80. The molecule has 1 atom stereocenters. The minimum Gasteiger partial charge on any atom is -0.493 e. The molecule has 7 nitrogen and oxygen atoms in total. The van der Waals surface area contributed by atoms with Crippen LogP contribution < -0.4 is 18.7 Å². The van der Waals surface area contributed by atoms with Crippen molar-refractivity contribution in [3.05, 3.63) is 87.5 Å². The molecule has 0 bridgehead atoms. The maximum absolute atomic E-state index is 13.0. The Kier molecular flexibility index (Phi) is 11.9. The highest BCUT2D eigenvalue weighted by Gasteiger charge is 2.26. The summed E-state index contributed by atoms with van der Waals surface area (Å²) in [5, 5.41) is 3.19. The van der Waals surface area contributed by atoms with E-state index in [1.165, 1.54) is 51.4 Å². The maximum Gasteiger partial charge on any atom is 0.584 e. The van der Waals surface area contributed by atoms with Crippen molar-refractivity contribution in [3.8, 4) is 17.2 Å². The van der Waals surface area contributed by atoms with E-state index in [1.807, 2.05) is 30.3 Å². The van der Waals surface area contributed by atoms with Crippen molar-refractivity contribution < 1.29 is 23.2 Å². The average molecular weight is 598 g/mol. The molecule has 4 aromatic rings. The molecule has 0 spiro atoms. The molecule has 220 valence electrons. The van der Waals surface area contributed by atoms with Crippen molar-refractivity contribution >= 4 is 29.9 Å². The van der Waals surface area contributed by atoms with E-state index in [2.05, 4.69) is 6.92 Å². The van der Waals surface area contributed by atoms with Crippen LogP contribution in [0, 0.1) is 0 Å². The minimum atomic E-state index is -4.51. The molecule has 1 heterocycles. The van der Waals surface area contributed by atoms with Crippen LogP contribution in [0.3, 0.4) is 0 Å². The normalized spacial score (nSPS) is 12.7. The number of ether oxygens (including phenoxy) is 1. The van der Waals surface area contributed by atoms with E-state index in [9.17, 15) is 14.3 Å². The molecule has 1 N–H and O–H groups in total. The summed E-state index contributed by atoms with van der Waals surface area (Å²) in [6, 6.07) is 17.6. The predicted molar refractivity (Wildman–Crippen MR) is 166 cm³/mol. The smallest absolute Gasteiger partial charge is 0.493 e. The lowest BCUT2D eigenvalue weighted by Crippen LogP contribution is -2.12. The summed E-state index contributed by atoms with van der Waals surface area (Å²) in [5.41, 5.74) is 0.761. The van der Waals surface area contributed by atoms with Gasteiger partial charge in [0.15, 0.2) is 0 Å². The zero-order valence-corrected chi connectivity index (χ0v) is 25.4. The molecule has 0 radical (unpaired) electrons. The van der Waals surface area contributed by atoms with E-state index in [0.29, 0.717) is 24.3 Å². The SMILES string of the molecule is CCCCCCCCCCCCOc1ccc(OP(=O)(O)Oc2cccc(Cn3ccsc3=O)c2)c2ccccc12. The van der Waals surface area contributed by atoms with E-state index in [1.54, 1.807) is 46.5 Å². The van der Waals surface area contributed by atoms with Crippen molar-refractivity contribution in [2.45, 2.75) is 77.7 Å². The molecule has 0 aliphatic heterocycles. The van der Waals surface area contributed by atoms with Crippen LogP contribution in [0.15, 0.2) is 77.0 Å². The predicted octanol–water partition coefficient (Wildman–Crippen LogP) is 8.97. The van der Waals surface area contributed by atoms with Crippen LogP contribution in [-0.4, -0.2) is 16.1 Å². The highest BCUT2D eigenvalue weighted by Crippen LogP contribution is 2.47. The molecular formula is C32H40NO6PS. The van der Waals surface area contributed by atoms with Gasteiger partial charge in [0.05, 0.1) is 13.2 Å². The first-order valence-electron chi connectivity index (χ1n) is 14.5. The number of hydrogen-bond acceptors (Lipinski definition) is 6. The first-order valence-corrected chi connectivity index (χ1v) is 16.9. The molecule has 0 aliphatic carbocycles. The van der Waals surface area contributed by atoms with Gasteiger partial charge in [-0.05, 0) is 36.2 Å². The Hall–Kier alpha value is -3.06. The van der Waals surface area contributed by atoms with Crippen LogP contribution in [0.5, 0.6) is 17.2 Å². The number of phosphoric ester groups is 1. The lowest BCUT2D eigenvalue weighted by Gasteiger charge is -2.17. The number of hydrogen-bond donors (Lipinski definition) is 1. The van der Waals surface area contributed by atoms with E-state index in [4.69, 9.17) is 13.8 Å². The van der Waals surface area contributed by atoms with Gasteiger partial charge in [-0.25, -0.2) is 4.57 Å². The molecule has 1 aromatic heterocycles. The zero-order valence-electron chi connectivity index (χ0n) is 23.7. The van der Waals surface area contributed by atoms with Crippen LogP contribution in [0.4, 0.5) is 0 Å². The van der Waals surface area contributed by atoms with Gasteiger partial charge in [-0.3, -0.25) is 9.69 Å². The van der Waals surface area contributed by atoms with Crippen molar-refractivity contribution in [3.63, 3.8) is 0 Å². The standard InChI is InChI=1S/C32H40NO6PS/c1-2-3-4-5-6-7-8-9-10-13-22-37-30-19-20-31(29-18-12-11-17-28(29)30)39-40(35,36)38-27-16-14-15-26(24-27)25-33-21-23-41-32(33)34/h11-12,14-21,23-24H,2-10,13,22,25H2,1H3,(H,35,36). The Balaban J connectivity index is 1.30. The number of benzene rings is 3. The van der Waals surface area contributed by atoms with Gasteiger partial charge in [0, 0.05) is 22.3 Å². The number of fused-ring (bicyclic) bond motifs is 1. The van der Waals surface area contributed by atoms with E-state index < -0.39 is 7.82 Å². The highest BCUT2D eigenvalue weighted by atomic mass is 32.1. The van der Waals surface area contributed by atoms with Crippen molar-refractivity contribution in [1.29, 1.82) is 0 Å². The quantitative estimate of drug-likeness (QED) is 0.0910. The first-order chi connectivity index (χ1) is 19.9. The van der Waals surface area contributed by atoms with Gasteiger partial charge in [0.25, 0.3) is 0 Å². The monoisotopic (exact) mass is 597 g/mol. The lowest BCUT2D eigenvalue weighted by molar-refractivity contribution is 0.291. The molecule has 3 aromatic carbocycles. The van der Waals surface area contributed by atoms with Gasteiger partial charge in [0.1, 0.15) is 17.2 Å². The van der Waals surface area contributed by atoms with Crippen LogP contribution in [0.2, 0.25) is 0 Å². The summed E-state index contributed by atoms with van der Waals surface area (Å²) >= 11 is 1.11. The Labute approximate surface area is 246 Å². The average Bonchev–Trinajstić information content (AvgIpc) is 3.36. The van der Waals surface area contributed by atoms with Crippen LogP contribution in [-0.2, 0) is 11.1 Å². The Morgan fingerprint density at radius 3 is 2.15 bits per heavy atom. The Morgan fingerprint density at radius 2 is 1.46 bits per heavy atom. The van der Waals surface area contributed by atoms with Crippen molar-refractivity contribution in [1.82, 2.24) is 4.57 Å². The lowest BCUT2D eigenvalue weighted by atomic mass is 10.1. The maximum atomic E-state index is 13.0. The van der Waals surface area contributed by atoms with Crippen LogP contribution in [0.1, 0.15) is 76.7 Å². The van der Waals surface area contributed by atoms with Gasteiger partial charge in [-0.1, -0.05) is 112 Å². The molecule has 0 aliphatic rings. The van der Waals surface area contributed by atoms with E-state index >= 15 is 0 Å². The molecule has 0 fully saturated rings. The molecular weight excluding hydrogens is 557 g/mol. The Bertz CT molecular complexity index is 1480. The fraction of sp³-hybridized carbons (Fsp3) is 0.406. The molecule has 9 heteroatoms. The second-order valence-electron chi connectivity index (χ2n) is 10.2. The number of thiazole rings is 1. The summed E-state index contributed by atoms with van der Waals surface area (Å²) in [7, 11) is -4.51. The summed E-state index contributed by atoms with van der Waals surface area (Å²) in [4.78, 5) is 22.4. The van der Waals surface area contributed by atoms with Crippen LogP contribution in [0.25, 0.3) is 10.8 Å². The second kappa shape index (κ2) is 15.8. The fourth-order valence-corrected chi connectivity index (χ4v) is 6.21. The van der Waals surface area contributed by atoms with Gasteiger partial charge >= 0.3 is 12.7 Å². The molecule has 1 unspecified atom stereocenters. The van der Waals surface area contributed by atoms with Crippen LogP contribution >= 0.6 is 19.2 Å². The first kappa shape index (κ1) is 30.9. The highest BCUT2D eigenvalue weighted by molar-refractivity contribution is 7.48. The van der Waals surface area contributed by atoms with Gasteiger partial charge < -0.3 is 18.4 Å². The minimum absolute atomic E-state index is 0.0738. The van der Waals surface area contributed by atoms with E-state index in [-0.39, 0.29) is 16.4 Å². The third-order valence-electron chi connectivity index (χ3n) is 6.93. The molecule has 0 amide bonds. The number of nitrogens with zero attached hydrogens (tertiary/aromatic N) is 1. The molecule has 0 saturated carbocycles. The summed E-state index contributed by atoms with van der Waals surface area (Å²) in [5.74, 6) is 1.13. The second-order valence-corrected chi connectivity index (χ2v) is 12.4. The van der Waals surface area contributed by atoms with Gasteiger partial charge in [0.2, 0.25) is 0 Å². The molecule has 41 heavy (non-hydrogen) atoms. The summed E-state index contributed by atoms with van der Waals surface area (Å²) < 4.78 is 31.6. The third-order valence-corrected chi connectivity index (χ3v) is 8.49. The molecule has 4 rings (SSSR count). The summed E-state index contributed by atoms with van der Waals surface area (Å²) in [6.45, 7) is 3.20. The number of aromatic nitrogens is 1. The summed E-state index contributed by atoms with van der Waals surface area (Å²) in [6.07, 6.45) is 14.4. The Morgan fingerprint density at radius 1 is 0.805 bits per heavy atom. The van der Waals surface area contributed by atoms with Gasteiger partial charge in [-0.2, -0.15) is 0 Å². The van der Waals surface area contributed by atoms with Crippen molar-refractivity contribution in [2.24, 2.45) is 0 Å². The third kappa shape index (κ3) is 9.77. The topological polar surface area (TPSA) is 87.0 Å². The number of unbranched alkanes of at least 4 members (excludes halogenated alkanes) is 9. The largest absolute Gasteiger partial charge is 0.584 e. The van der Waals surface area contributed by atoms with E-state index in [0.717, 1.165) is 35.1 Å². The van der Waals surface area contributed by atoms with Gasteiger partial charge in [-0.15, -0.1) is 0 Å². The van der Waals surface area contributed by atoms with Crippen molar-refractivity contribution in [2.75, 3.05) is 6.61 Å². The number of rotatable bonds is 18.